The fourth-order valence-corrected chi connectivity index (χ4v) is 3.34. The van der Waals surface area contributed by atoms with Crippen LogP contribution in [0.3, 0.4) is 0 Å². The zero-order valence-electron chi connectivity index (χ0n) is 17.0. The molecule has 0 aliphatic rings. The highest BCUT2D eigenvalue weighted by atomic mass is 16.2. The number of carbonyl (C=O) groups is 2. The Bertz CT molecular complexity index is 1040. The molecule has 0 spiro atoms. The summed E-state index contributed by atoms with van der Waals surface area (Å²) in [5.74, 6) is -0.439. The van der Waals surface area contributed by atoms with Crippen LogP contribution in [0.15, 0.2) is 60.7 Å². The van der Waals surface area contributed by atoms with Crippen LogP contribution in [-0.4, -0.2) is 17.9 Å². The molecule has 0 saturated heterocycles. The van der Waals surface area contributed by atoms with Crippen molar-refractivity contribution in [3.8, 4) is 0 Å². The highest BCUT2D eigenvalue weighted by molar-refractivity contribution is 5.99. The topological polar surface area (TPSA) is 84.2 Å². The fourth-order valence-electron chi connectivity index (χ4n) is 3.34. The minimum atomic E-state index is -0.569. The number of hydrogen-bond acceptors (Lipinski definition) is 3. The Labute approximate surface area is 171 Å². The Balaban J connectivity index is 1.81. The van der Waals surface area contributed by atoms with Crippen LogP contribution in [0, 0.1) is 6.92 Å². The van der Waals surface area contributed by atoms with Crippen LogP contribution in [-0.2, 0) is 4.79 Å². The van der Waals surface area contributed by atoms with E-state index in [9.17, 15) is 9.59 Å². The Morgan fingerprint density at radius 2 is 1.76 bits per heavy atom. The number of nitrogens with two attached hydrogens (primary N) is 1. The van der Waals surface area contributed by atoms with E-state index in [0.29, 0.717) is 17.7 Å². The smallest absolute Gasteiger partial charge is 0.252 e. The molecule has 0 saturated carbocycles. The average Bonchev–Trinajstić information content (AvgIpc) is 2.73. The molecule has 3 rings (SSSR count). The zero-order valence-corrected chi connectivity index (χ0v) is 17.0. The van der Waals surface area contributed by atoms with Gasteiger partial charge in [-0.25, -0.2) is 0 Å². The number of aryl methyl sites for hydroxylation is 1. The number of anilines is 1. The number of rotatable bonds is 6. The number of hydrogen-bond donors (Lipinski definition) is 3. The lowest BCUT2D eigenvalue weighted by molar-refractivity contribution is -0.117. The molecule has 2 atom stereocenters. The average molecular weight is 389 g/mol. The second-order valence-electron chi connectivity index (χ2n) is 7.30. The van der Waals surface area contributed by atoms with Crippen LogP contribution in [0.4, 0.5) is 5.69 Å². The number of carbonyl (C=O) groups excluding carboxylic acids is 2. The third-order valence-electron chi connectivity index (χ3n) is 5.16. The van der Waals surface area contributed by atoms with Gasteiger partial charge in [-0.15, -0.1) is 0 Å². The van der Waals surface area contributed by atoms with E-state index in [1.54, 1.807) is 12.1 Å². The summed E-state index contributed by atoms with van der Waals surface area (Å²) in [6.07, 6.45) is 0.549. The molecular weight excluding hydrogens is 362 g/mol. The van der Waals surface area contributed by atoms with Crippen LogP contribution >= 0.6 is 0 Å². The molecule has 0 heterocycles. The van der Waals surface area contributed by atoms with E-state index < -0.39 is 6.04 Å². The number of fused-ring (bicyclic) bond motifs is 1. The van der Waals surface area contributed by atoms with Gasteiger partial charge < -0.3 is 16.4 Å². The minimum Gasteiger partial charge on any atom is -0.345 e. The van der Waals surface area contributed by atoms with Crippen LogP contribution in [0.2, 0.25) is 0 Å². The van der Waals surface area contributed by atoms with Crippen LogP contribution in [0.5, 0.6) is 0 Å². The van der Waals surface area contributed by atoms with Crippen molar-refractivity contribution in [1.29, 1.82) is 0 Å². The summed E-state index contributed by atoms with van der Waals surface area (Å²) in [4.78, 5) is 25.0. The first kappa shape index (κ1) is 20.6. The molecule has 150 valence electrons. The summed E-state index contributed by atoms with van der Waals surface area (Å²) in [6, 6.07) is 18.8. The zero-order chi connectivity index (χ0) is 21.0. The summed E-state index contributed by atoms with van der Waals surface area (Å²) in [6.45, 7) is 5.70. The van der Waals surface area contributed by atoms with Crippen LogP contribution in [0.25, 0.3) is 10.8 Å². The Hall–Kier alpha value is -3.18. The Kier molecular flexibility index (Phi) is 6.29. The van der Waals surface area contributed by atoms with E-state index in [-0.39, 0.29) is 17.9 Å². The summed E-state index contributed by atoms with van der Waals surface area (Å²) in [5, 5.41) is 8.12. The molecule has 0 radical (unpaired) electrons. The Morgan fingerprint density at radius 3 is 2.52 bits per heavy atom. The second kappa shape index (κ2) is 8.88. The normalized spacial score (nSPS) is 13.0. The molecule has 4 N–H and O–H groups in total. The predicted octanol–water partition coefficient (Wildman–Crippen LogP) is 4.32. The molecule has 5 nitrogen and oxygen atoms in total. The minimum absolute atomic E-state index is 0.167. The molecule has 3 aromatic carbocycles. The van der Waals surface area contributed by atoms with E-state index in [1.165, 1.54) is 0 Å². The van der Waals surface area contributed by atoms with E-state index in [1.807, 2.05) is 51.1 Å². The SMILES string of the molecule is CC[C@H](N)C(=O)Nc1ccc(C)c(C(=O)N[C@H](C)c2cccc3ccccc23)c1. The lowest BCUT2D eigenvalue weighted by Gasteiger charge is -2.18. The maximum atomic E-state index is 13.0. The van der Waals surface area contributed by atoms with Crippen molar-refractivity contribution in [3.63, 3.8) is 0 Å². The molecule has 0 aliphatic heterocycles. The second-order valence-corrected chi connectivity index (χ2v) is 7.30. The van der Waals surface area contributed by atoms with Crippen molar-refractivity contribution in [1.82, 2.24) is 5.32 Å². The number of amides is 2. The summed E-state index contributed by atoms with van der Waals surface area (Å²) in [5.41, 5.74) is 8.77. The van der Waals surface area contributed by atoms with Crippen molar-refractivity contribution < 1.29 is 9.59 Å². The van der Waals surface area contributed by atoms with Gasteiger partial charge in [0.25, 0.3) is 5.91 Å². The van der Waals surface area contributed by atoms with Crippen molar-refractivity contribution >= 4 is 28.3 Å². The summed E-state index contributed by atoms with van der Waals surface area (Å²) in [7, 11) is 0. The first-order valence-electron chi connectivity index (χ1n) is 9.86. The first-order chi connectivity index (χ1) is 13.9. The van der Waals surface area contributed by atoms with Crippen molar-refractivity contribution in [3.05, 3.63) is 77.4 Å². The maximum Gasteiger partial charge on any atom is 0.252 e. The van der Waals surface area contributed by atoms with Crippen LogP contribution in [0.1, 0.15) is 47.8 Å². The van der Waals surface area contributed by atoms with E-state index in [0.717, 1.165) is 21.9 Å². The molecule has 0 bridgehead atoms. The van der Waals surface area contributed by atoms with Gasteiger partial charge in [-0.3, -0.25) is 9.59 Å². The molecule has 2 amide bonds. The van der Waals surface area contributed by atoms with Crippen molar-refractivity contribution in [2.75, 3.05) is 5.32 Å². The van der Waals surface area contributed by atoms with Gasteiger partial charge in [-0.2, -0.15) is 0 Å². The van der Waals surface area contributed by atoms with Crippen molar-refractivity contribution in [2.45, 2.75) is 39.3 Å². The largest absolute Gasteiger partial charge is 0.345 e. The lowest BCUT2D eigenvalue weighted by Crippen LogP contribution is -2.35. The van der Waals surface area contributed by atoms with Gasteiger partial charge in [0.05, 0.1) is 12.1 Å². The van der Waals surface area contributed by atoms with Gasteiger partial charge in [0, 0.05) is 11.3 Å². The fraction of sp³-hybridized carbons (Fsp3) is 0.250. The van der Waals surface area contributed by atoms with Gasteiger partial charge in [-0.05, 0) is 54.3 Å². The number of nitrogens with one attached hydrogen (secondary N) is 2. The molecule has 0 aliphatic carbocycles. The summed E-state index contributed by atoms with van der Waals surface area (Å²) >= 11 is 0. The van der Waals surface area contributed by atoms with Gasteiger partial charge in [0.2, 0.25) is 5.91 Å². The first-order valence-corrected chi connectivity index (χ1v) is 9.86. The highest BCUT2D eigenvalue weighted by Gasteiger charge is 2.17. The highest BCUT2D eigenvalue weighted by Crippen LogP contribution is 2.25. The molecule has 0 aromatic heterocycles. The number of benzene rings is 3. The van der Waals surface area contributed by atoms with E-state index in [4.69, 9.17) is 5.73 Å². The van der Waals surface area contributed by atoms with Gasteiger partial charge in [0.1, 0.15) is 0 Å². The monoisotopic (exact) mass is 389 g/mol. The third-order valence-corrected chi connectivity index (χ3v) is 5.16. The maximum absolute atomic E-state index is 13.0. The standard InChI is InChI=1S/C24H27N3O2/c1-4-22(25)24(29)27-18-13-12-15(2)21(14-18)23(28)26-16(3)19-11-7-9-17-8-5-6-10-20(17)19/h5-14,16,22H,4,25H2,1-3H3,(H,26,28)(H,27,29)/t16-,22+/m1/s1. The van der Waals surface area contributed by atoms with Crippen LogP contribution < -0.4 is 16.4 Å². The van der Waals surface area contributed by atoms with E-state index >= 15 is 0 Å². The lowest BCUT2D eigenvalue weighted by atomic mass is 9.99. The molecule has 3 aromatic rings. The van der Waals surface area contributed by atoms with E-state index in [2.05, 4.69) is 28.8 Å². The quantitative estimate of drug-likeness (QED) is 0.587. The van der Waals surface area contributed by atoms with Crippen molar-refractivity contribution in [2.24, 2.45) is 5.73 Å². The molecule has 5 heteroatoms. The summed E-state index contributed by atoms with van der Waals surface area (Å²) < 4.78 is 0. The molecule has 0 fully saturated rings. The third kappa shape index (κ3) is 4.63. The molecule has 0 unspecified atom stereocenters. The van der Waals surface area contributed by atoms with Gasteiger partial charge in [-0.1, -0.05) is 55.5 Å². The predicted molar refractivity (Wildman–Crippen MR) is 118 cm³/mol. The Morgan fingerprint density at radius 1 is 1.03 bits per heavy atom. The molecule has 29 heavy (non-hydrogen) atoms. The van der Waals surface area contributed by atoms with Gasteiger partial charge >= 0.3 is 0 Å². The van der Waals surface area contributed by atoms with Gasteiger partial charge in [0.15, 0.2) is 0 Å². The molecular formula is C24H27N3O2.